The molecule has 0 aliphatic heterocycles. The van der Waals surface area contributed by atoms with E-state index in [0.29, 0.717) is 0 Å². The van der Waals surface area contributed by atoms with Crippen molar-refractivity contribution in [3.63, 3.8) is 0 Å². The topological polar surface area (TPSA) is 0 Å². The predicted molar refractivity (Wildman–Crippen MR) is 34.4 cm³/mol. The maximum atomic E-state index is 12.2. The summed E-state index contributed by atoms with van der Waals surface area (Å²) in [5, 5.41) is 0. The van der Waals surface area contributed by atoms with Crippen LogP contribution in [0.1, 0.15) is 6.92 Å². The molecule has 0 nitrogen and oxygen atoms in total. The van der Waals surface area contributed by atoms with E-state index in [1.54, 1.807) is 0 Å². The van der Waals surface area contributed by atoms with E-state index in [-0.39, 0.29) is 6.08 Å². The van der Waals surface area contributed by atoms with E-state index >= 15 is 0 Å². The summed E-state index contributed by atoms with van der Waals surface area (Å²) >= 11 is 0. The number of halogens is 5. The molecule has 0 aromatic carbocycles. The van der Waals surface area contributed by atoms with E-state index in [1.807, 2.05) is 0 Å². The van der Waals surface area contributed by atoms with Crippen molar-refractivity contribution in [1.82, 2.24) is 0 Å². The SMILES string of the molecule is C\C(F)=C/C(F)=C(F)\C(F)=C\F. The van der Waals surface area contributed by atoms with E-state index in [1.165, 1.54) is 0 Å². The van der Waals surface area contributed by atoms with E-state index < -0.39 is 29.6 Å². The Morgan fingerprint density at radius 2 is 1.58 bits per heavy atom. The van der Waals surface area contributed by atoms with Crippen LogP contribution in [-0.2, 0) is 0 Å². The summed E-state index contributed by atoms with van der Waals surface area (Å²) in [4.78, 5) is 0. The molecule has 0 aromatic rings. The summed E-state index contributed by atoms with van der Waals surface area (Å²) in [6, 6.07) is 0. The highest BCUT2D eigenvalue weighted by atomic mass is 19.2. The monoisotopic (exact) mass is 184 g/mol. The van der Waals surface area contributed by atoms with Crippen molar-refractivity contribution >= 4 is 0 Å². The molecule has 12 heavy (non-hydrogen) atoms. The standard InChI is InChI=1S/C7H5F5/c1-4(9)2-5(10)7(12)6(11)3-8/h2-3H,1H3/b4-2+,6-3-,7-5-. The molecule has 0 aromatic heterocycles. The van der Waals surface area contributed by atoms with Crippen LogP contribution in [-0.4, -0.2) is 0 Å². The minimum absolute atomic E-state index is 0.110. The van der Waals surface area contributed by atoms with Crippen LogP contribution in [0.25, 0.3) is 0 Å². The second kappa shape index (κ2) is 4.69. The van der Waals surface area contributed by atoms with Gasteiger partial charge in [-0.25, -0.2) is 22.0 Å². The molecule has 0 saturated carbocycles. The number of hydrogen-bond acceptors (Lipinski definition) is 0. The van der Waals surface area contributed by atoms with Gasteiger partial charge < -0.3 is 0 Å². The number of hydrogen-bond donors (Lipinski definition) is 0. The second-order valence-corrected chi connectivity index (χ2v) is 1.85. The zero-order valence-corrected chi connectivity index (χ0v) is 6.04. The second-order valence-electron chi connectivity index (χ2n) is 1.85. The zero-order valence-electron chi connectivity index (χ0n) is 6.04. The molecule has 0 N–H and O–H groups in total. The molecule has 0 spiro atoms. The number of rotatable bonds is 2. The van der Waals surface area contributed by atoms with Crippen LogP contribution >= 0.6 is 0 Å². The summed E-state index contributed by atoms with van der Waals surface area (Å²) in [7, 11) is 0. The minimum atomic E-state index is -2.06. The molecule has 0 bridgehead atoms. The first-order chi connectivity index (χ1) is 5.49. The van der Waals surface area contributed by atoms with Crippen molar-refractivity contribution < 1.29 is 22.0 Å². The van der Waals surface area contributed by atoms with Crippen molar-refractivity contribution in [3.05, 3.63) is 35.7 Å². The van der Waals surface area contributed by atoms with Gasteiger partial charge in [-0.1, -0.05) is 0 Å². The largest absolute Gasteiger partial charge is 0.212 e. The Hall–Kier alpha value is -1.13. The first-order valence-corrected chi connectivity index (χ1v) is 2.84. The quantitative estimate of drug-likeness (QED) is 0.452. The van der Waals surface area contributed by atoms with E-state index in [4.69, 9.17) is 0 Å². The van der Waals surface area contributed by atoms with E-state index in [0.717, 1.165) is 6.92 Å². The first-order valence-electron chi connectivity index (χ1n) is 2.84. The Morgan fingerprint density at radius 1 is 1.08 bits per heavy atom. The fourth-order valence-corrected chi connectivity index (χ4v) is 0.400. The predicted octanol–water partition coefficient (Wildman–Crippen LogP) is 3.79. The molecular weight excluding hydrogens is 179 g/mol. The van der Waals surface area contributed by atoms with Gasteiger partial charge in [0, 0.05) is 6.08 Å². The fourth-order valence-electron chi connectivity index (χ4n) is 0.400. The Kier molecular flexibility index (Phi) is 4.25. The molecule has 0 aliphatic carbocycles. The lowest BCUT2D eigenvalue weighted by molar-refractivity contribution is 0.485. The smallest absolute Gasteiger partial charge is 0.196 e. The summed E-state index contributed by atoms with van der Waals surface area (Å²) in [5.74, 6) is -6.91. The molecule has 0 aliphatic rings. The Labute approximate surface area is 65.7 Å². The van der Waals surface area contributed by atoms with E-state index in [2.05, 4.69) is 0 Å². The van der Waals surface area contributed by atoms with Crippen molar-refractivity contribution in [1.29, 1.82) is 0 Å². The highest BCUT2D eigenvalue weighted by Crippen LogP contribution is 2.20. The van der Waals surface area contributed by atoms with Gasteiger partial charge in [0.15, 0.2) is 17.5 Å². The summed E-state index contributed by atoms with van der Waals surface area (Å²) < 4.78 is 59.4. The molecule has 0 rings (SSSR count). The highest BCUT2D eigenvalue weighted by molar-refractivity contribution is 5.27. The third-order valence-electron chi connectivity index (χ3n) is 0.841. The normalized spacial score (nSPS) is 16.2. The van der Waals surface area contributed by atoms with Gasteiger partial charge in [0.05, 0.1) is 5.83 Å². The minimum Gasteiger partial charge on any atom is -0.212 e. The molecule has 0 radical (unpaired) electrons. The molecule has 0 atom stereocenters. The van der Waals surface area contributed by atoms with Crippen molar-refractivity contribution in [3.8, 4) is 0 Å². The number of allylic oxidation sites excluding steroid dienone is 5. The lowest BCUT2D eigenvalue weighted by Gasteiger charge is -1.91. The van der Waals surface area contributed by atoms with Crippen molar-refractivity contribution in [2.75, 3.05) is 0 Å². The summed E-state index contributed by atoms with van der Waals surface area (Å²) in [5.41, 5.74) is 0. The molecule has 0 unspecified atom stereocenters. The molecule has 0 amide bonds. The zero-order chi connectivity index (χ0) is 9.72. The van der Waals surface area contributed by atoms with Gasteiger partial charge >= 0.3 is 0 Å². The Morgan fingerprint density at radius 3 is 1.92 bits per heavy atom. The van der Waals surface area contributed by atoms with E-state index in [9.17, 15) is 22.0 Å². The van der Waals surface area contributed by atoms with Crippen LogP contribution in [0.2, 0.25) is 0 Å². The Balaban J connectivity index is 4.82. The average molecular weight is 184 g/mol. The molecule has 0 saturated heterocycles. The molecule has 0 fully saturated rings. The molecule has 0 heterocycles. The highest BCUT2D eigenvalue weighted by Gasteiger charge is 2.09. The van der Waals surface area contributed by atoms with Gasteiger partial charge in [-0.05, 0) is 6.92 Å². The van der Waals surface area contributed by atoms with Crippen LogP contribution in [0.15, 0.2) is 35.7 Å². The Bertz CT molecular complexity index is 245. The summed E-state index contributed by atoms with van der Waals surface area (Å²) in [6.07, 6.45) is -0.644. The first kappa shape index (κ1) is 10.9. The van der Waals surface area contributed by atoms with Crippen molar-refractivity contribution in [2.24, 2.45) is 0 Å². The molecule has 68 valence electrons. The van der Waals surface area contributed by atoms with Gasteiger partial charge in [-0.15, -0.1) is 0 Å². The van der Waals surface area contributed by atoms with Crippen LogP contribution in [0.4, 0.5) is 22.0 Å². The van der Waals surface area contributed by atoms with Gasteiger partial charge in [0.1, 0.15) is 6.33 Å². The maximum absolute atomic E-state index is 12.2. The van der Waals surface area contributed by atoms with Gasteiger partial charge in [-0.3, -0.25) is 0 Å². The van der Waals surface area contributed by atoms with Crippen LogP contribution in [0.3, 0.4) is 0 Å². The maximum Gasteiger partial charge on any atom is 0.196 e. The lowest BCUT2D eigenvalue weighted by Crippen LogP contribution is -1.79. The summed E-state index contributed by atoms with van der Waals surface area (Å²) in [6.45, 7) is 0.837. The van der Waals surface area contributed by atoms with Crippen molar-refractivity contribution in [2.45, 2.75) is 6.92 Å². The van der Waals surface area contributed by atoms with Gasteiger partial charge in [-0.2, -0.15) is 0 Å². The van der Waals surface area contributed by atoms with Gasteiger partial charge in [0.2, 0.25) is 0 Å². The lowest BCUT2D eigenvalue weighted by atomic mass is 10.3. The third kappa shape index (κ3) is 3.32. The molecule has 5 heteroatoms. The third-order valence-corrected chi connectivity index (χ3v) is 0.841. The molecular formula is C7H5F5. The van der Waals surface area contributed by atoms with Crippen LogP contribution in [0.5, 0.6) is 0 Å². The van der Waals surface area contributed by atoms with Gasteiger partial charge in [0.25, 0.3) is 0 Å². The fraction of sp³-hybridized carbons (Fsp3) is 0.143. The van der Waals surface area contributed by atoms with Crippen LogP contribution < -0.4 is 0 Å². The van der Waals surface area contributed by atoms with Crippen LogP contribution in [0, 0.1) is 0 Å². The average Bonchev–Trinajstić information content (AvgIpc) is 2.00.